The van der Waals surface area contributed by atoms with Crippen molar-refractivity contribution >= 4 is 17.5 Å². The molecule has 3 rings (SSSR count). The van der Waals surface area contributed by atoms with Crippen LogP contribution in [-0.4, -0.2) is 41.6 Å². The average Bonchev–Trinajstić information content (AvgIpc) is 3.04. The molecule has 150 valence electrons. The smallest absolute Gasteiger partial charge is 0.291 e. The summed E-state index contributed by atoms with van der Waals surface area (Å²) in [4.78, 5) is 29.9. The molecule has 1 aromatic carbocycles. The first kappa shape index (κ1) is 20.1. The number of ether oxygens (including phenoxy) is 1. The maximum Gasteiger partial charge on any atom is 0.291 e. The third-order valence-corrected chi connectivity index (χ3v) is 4.83. The first-order valence-electron chi connectivity index (χ1n) is 9.75. The molecule has 2 amide bonds. The highest BCUT2D eigenvalue weighted by Gasteiger charge is 2.27. The molecule has 2 N–H and O–H groups in total. The molecular weight excluding hydrogens is 356 g/mol. The van der Waals surface area contributed by atoms with Gasteiger partial charge in [0.2, 0.25) is 0 Å². The molecule has 0 aliphatic carbocycles. The molecule has 1 aliphatic rings. The average molecular weight is 384 g/mol. The first-order chi connectivity index (χ1) is 13.5. The summed E-state index contributed by atoms with van der Waals surface area (Å²) in [5.41, 5.74) is 4.11. The van der Waals surface area contributed by atoms with E-state index in [2.05, 4.69) is 21.7 Å². The molecule has 2 aromatic rings. The monoisotopic (exact) mass is 384 g/mol. The van der Waals surface area contributed by atoms with Gasteiger partial charge in [-0.3, -0.25) is 9.59 Å². The van der Waals surface area contributed by atoms with E-state index < -0.39 is 0 Å². The minimum absolute atomic E-state index is 0.229. The van der Waals surface area contributed by atoms with E-state index in [1.165, 1.54) is 0 Å². The predicted octanol–water partition coefficient (Wildman–Crippen LogP) is 2.85. The van der Waals surface area contributed by atoms with Crippen LogP contribution in [0.5, 0.6) is 0 Å². The zero-order chi connectivity index (χ0) is 20.1. The van der Waals surface area contributed by atoms with Crippen molar-refractivity contribution in [3.8, 4) is 0 Å². The lowest BCUT2D eigenvalue weighted by molar-refractivity contribution is 0.0942. The van der Waals surface area contributed by atoms with Crippen molar-refractivity contribution in [3.63, 3.8) is 0 Å². The van der Waals surface area contributed by atoms with Crippen molar-refractivity contribution < 1.29 is 14.3 Å². The Morgan fingerprint density at radius 1 is 1.14 bits per heavy atom. The number of hydrogen-bond donors (Lipinski definition) is 2. The van der Waals surface area contributed by atoms with Crippen LogP contribution in [0.3, 0.4) is 0 Å². The number of methoxy groups -OCH3 is 1. The van der Waals surface area contributed by atoms with E-state index in [0.717, 1.165) is 48.2 Å². The van der Waals surface area contributed by atoms with E-state index in [9.17, 15) is 9.59 Å². The highest BCUT2D eigenvalue weighted by atomic mass is 16.5. The molecule has 7 nitrogen and oxygen atoms in total. The topological polar surface area (TPSA) is 85.2 Å². The van der Waals surface area contributed by atoms with Gasteiger partial charge in [-0.25, -0.2) is 4.98 Å². The highest BCUT2D eigenvalue weighted by molar-refractivity contribution is 6.03. The van der Waals surface area contributed by atoms with E-state index in [0.29, 0.717) is 31.2 Å². The first-order valence-corrected chi connectivity index (χ1v) is 9.75. The molecule has 0 radical (unpaired) electrons. The van der Waals surface area contributed by atoms with E-state index in [-0.39, 0.29) is 11.8 Å². The SMILES string of the molecule is COCCCNC(=O)c1nc(C(=O)Nc2cc(C)cc(C)c2)n2c1CCCC2. The Morgan fingerprint density at radius 3 is 2.61 bits per heavy atom. The summed E-state index contributed by atoms with van der Waals surface area (Å²) in [6, 6.07) is 5.90. The number of benzene rings is 1. The Balaban J connectivity index is 1.81. The van der Waals surface area contributed by atoms with Crippen LogP contribution in [0, 0.1) is 13.8 Å². The molecule has 1 aromatic heterocycles. The van der Waals surface area contributed by atoms with Gasteiger partial charge in [0.15, 0.2) is 5.82 Å². The number of imidazole rings is 1. The maximum absolute atomic E-state index is 12.9. The van der Waals surface area contributed by atoms with Crippen LogP contribution < -0.4 is 10.6 Å². The number of anilines is 1. The second-order valence-corrected chi connectivity index (χ2v) is 7.27. The second-order valence-electron chi connectivity index (χ2n) is 7.27. The summed E-state index contributed by atoms with van der Waals surface area (Å²) in [6.45, 7) is 5.79. The number of amides is 2. The van der Waals surface area contributed by atoms with Crippen LogP contribution in [0.1, 0.15) is 57.2 Å². The Hall–Kier alpha value is -2.67. The third kappa shape index (κ3) is 4.59. The van der Waals surface area contributed by atoms with Gasteiger partial charge in [0.05, 0.1) is 5.69 Å². The normalized spacial score (nSPS) is 13.1. The van der Waals surface area contributed by atoms with Gasteiger partial charge in [0, 0.05) is 32.5 Å². The number of carbonyl (C=O) groups excluding carboxylic acids is 2. The number of rotatable bonds is 7. The van der Waals surface area contributed by atoms with Gasteiger partial charge >= 0.3 is 0 Å². The quantitative estimate of drug-likeness (QED) is 0.719. The Bertz CT molecular complexity index is 853. The van der Waals surface area contributed by atoms with Crippen LogP contribution >= 0.6 is 0 Å². The molecule has 0 fully saturated rings. The van der Waals surface area contributed by atoms with Crippen molar-refractivity contribution in [3.05, 3.63) is 46.5 Å². The molecule has 0 saturated carbocycles. The number of aryl methyl sites for hydroxylation is 2. The molecule has 1 aliphatic heterocycles. The highest BCUT2D eigenvalue weighted by Crippen LogP contribution is 2.22. The second kappa shape index (κ2) is 9.01. The number of fused-ring (bicyclic) bond motifs is 1. The van der Waals surface area contributed by atoms with Crippen LogP contribution in [0.2, 0.25) is 0 Å². The summed E-state index contributed by atoms with van der Waals surface area (Å²) in [7, 11) is 1.63. The van der Waals surface area contributed by atoms with Crippen LogP contribution in [-0.2, 0) is 17.7 Å². The summed E-state index contributed by atoms with van der Waals surface area (Å²) < 4.78 is 6.90. The lowest BCUT2D eigenvalue weighted by Gasteiger charge is -2.17. The van der Waals surface area contributed by atoms with Gasteiger partial charge in [0.1, 0.15) is 5.69 Å². The Kier molecular flexibility index (Phi) is 6.46. The van der Waals surface area contributed by atoms with Crippen molar-refractivity contribution in [1.82, 2.24) is 14.9 Å². The number of nitrogens with zero attached hydrogens (tertiary/aromatic N) is 2. The summed E-state index contributed by atoms with van der Waals surface area (Å²) >= 11 is 0. The van der Waals surface area contributed by atoms with Gasteiger partial charge in [-0.1, -0.05) is 6.07 Å². The lowest BCUT2D eigenvalue weighted by Crippen LogP contribution is -2.27. The number of nitrogens with one attached hydrogen (secondary N) is 2. The molecule has 0 unspecified atom stereocenters. The number of carbonyl (C=O) groups is 2. The zero-order valence-corrected chi connectivity index (χ0v) is 16.8. The van der Waals surface area contributed by atoms with Gasteiger partial charge in [-0.05, 0) is 62.8 Å². The van der Waals surface area contributed by atoms with E-state index >= 15 is 0 Å². The Morgan fingerprint density at radius 2 is 1.89 bits per heavy atom. The largest absolute Gasteiger partial charge is 0.385 e. The molecule has 2 heterocycles. The zero-order valence-electron chi connectivity index (χ0n) is 16.8. The molecule has 0 bridgehead atoms. The summed E-state index contributed by atoms with van der Waals surface area (Å²) in [5, 5.41) is 5.81. The molecule has 7 heteroatoms. The predicted molar refractivity (Wildman–Crippen MR) is 108 cm³/mol. The molecule has 28 heavy (non-hydrogen) atoms. The molecular formula is C21H28N4O3. The van der Waals surface area contributed by atoms with Crippen molar-refractivity contribution in [1.29, 1.82) is 0 Å². The van der Waals surface area contributed by atoms with Crippen molar-refractivity contribution in [2.24, 2.45) is 0 Å². The third-order valence-electron chi connectivity index (χ3n) is 4.83. The van der Waals surface area contributed by atoms with Gasteiger partial charge in [-0.15, -0.1) is 0 Å². The van der Waals surface area contributed by atoms with Crippen LogP contribution in [0.4, 0.5) is 5.69 Å². The Labute approximate surface area is 165 Å². The summed E-state index contributed by atoms with van der Waals surface area (Å²) in [5.74, 6) is -0.213. The van der Waals surface area contributed by atoms with Crippen molar-refractivity contribution in [2.75, 3.05) is 25.6 Å². The number of aromatic nitrogens is 2. The van der Waals surface area contributed by atoms with E-state index in [4.69, 9.17) is 4.74 Å². The fraction of sp³-hybridized carbons (Fsp3) is 0.476. The van der Waals surface area contributed by atoms with Crippen LogP contribution in [0.15, 0.2) is 18.2 Å². The lowest BCUT2D eigenvalue weighted by atomic mass is 10.1. The fourth-order valence-corrected chi connectivity index (χ4v) is 3.63. The number of hydrogen-bond acceptors (Lipinski definition) is 4. The standard InChI is InChI=1S/C21H28N4O3/c1-14-11-15(2)13-16(12-14)23-21(27)19-24-18(17-7-4-5-9-25(17)19)20(26)22-8-6-10-28-3/h11-13H,4-10H2,1-3H3,(H,22,26)(H,23,27). The molecule has 0 atom stereocenters. The van der Waals surface area contributed by atoms with Gasteiger partial charge < -0.3 is 19.9 Å². The van der Waals surface area contributed by atoms with E-state index in [1.54, 1.807) is 7.11 Å². The van der Waals surface area contributed by atoms with Crippen molar-refractivity contribution in [2.45, 2.75) is 46.1 Å². The van der Waals surface area contributed by atoms with Crippen LogP contribution in [0.25, 0.3) is 0 Å². The minimum Gasteiger partial charge on any atom is -0.385 e. The minimum atomic E-state index is -0.286. The van der Waals surface area contributed by atoms with Gasteiger partial charge in [0.25, 0.3) is 11.8 Å². The molecule has 0 spiro atoms. The molecule has 0 saturated heterocycles. The van der Waals surface area contributed by atoms with Gasteiger partial charge in [-0.2, -0.15) is 0 Å². The summed E-state index contributed by atoms with van der Waals surface area (Å²) in [6.07, 6.45) is 3.46. The van der Waals surface area contributed by atoms with E-state index in [1.807, 2.05) is 30.5 Å². The fourth-order valence-electron chi connectivity index (χ4n) is 3.63. The maximum atomic E-state index is 12.9.